The Balaban J connectivity index is 0.00000274. The molecule has 6 heteroatoms. The number of carbonyl (C=O) groups excluding carboxylic acids is 1. The fraction of sp³-hybridized carbons (Fsp3) is 0.107. The zero-order chi connectivity index (χ0) is 22.8. The first-order chi connectivity index (χ1) is 16.2. The van der Waals surface area contributed by atoms with Crippen LogP contribution < -0.4 is 42.4 Å². The molecule has 4 nitrogen and oxygen atoms in total. The van der Waals surface area contributed by atoms with Gasteiger partial charge < -0.3 is 31.2 Å². The molecule has 0 bridgehead atoms. The summed E-state index contributed by atoms with van der Waals surface area (Å²) < 4.78 is 17.6. The van der Waals surface area contributed by atoms with Crippen molar-refractivity contribution in [1.82, 2.24) is 0 Å². The molecular formula is C28H24BrO4P. The number of fused-ring (bicyclic) bond motifs is 1. The SMILES string of the molecule is COc1ccc(OC)c2c1C(=O)OC2[P+](c1ccccc1)(c1ccccc1)c1ccccc1.[Br-]. The highest BCUT2D eigenvalue weighted by molar-refractivity contribution is 7.95. The third kappa shape index (κ3) is 3.70. The van der Waals surface area contributed by atoms with Crippen molar-refractivity contribution in [2.24, 2.45) is 0 Å². The molecule has 0 saturated heterocycles. The fourth-order valence-electron chi connectivity index (χ4n) is 4.72. The van der Waals surface area contributed by atoms with E-state index in [0.717, 1.165) is 21.5 Å². The summed E-state index contributed by atoms with van der Waals surface area (Å²) in [4.78, 5) is 13.3. The van der Waals surface area contributed by atoms with Gasteiger partial charge in [-0.1, -0.05) is 54.6 Å². The number of rotatable bonds is 6. The molecule has 1 aliphatic rings. The van der Waals surface area contributed by atoms with E-state index in [9.17, 15) is 4.79 Å². The van der Waals surface area contributed by atoms with Crippen molar-refractivity contribution in [3.8, 4) is 11.5 Å². The molecular weight excluding hydrogens is 511 g/mol. The van der Waals surface area contributed by atoms with E-state index in [1.54, 1.807) is 20.3 Å². The average Bonchev–Trinajstić information content (AvgIpc) is 3.24. The maximum Gasteiger partial charge on any atom is 0.346 e. The largest absolute Gasteiger partial charge is 1.00 e. The molecule has 0 fully saturated rings. The number of halogens is 1. The molecule has 34 heavy (non-hydrogen) atoms. The normalized spacial score (nSPS) is 14.5. The Morgan fingerprint density at radius 2 is 1.06 bits per heavy atom. The van der Waals surface area contributed by atoms with Crippen molar-refractivity contribution < 1.29 is 36.0 Å². The van der Waals surface area contributed by atoms with Crippen molar-refractivity contribution in [2.75, 3.05) is 14.2 Å². The fourth-order valence-corrected chi connectivity index (χ4v) is 9.25. The lowest BCUT2D eigenvalue weighted by Crippen LogP contribution is -3.00. The van der Waals surface area contributed by atoms with Crippen LogP contribution in [-0.4, -0.2) is 20.2 Å². The van der Waals surface area contributed by atoms with Crippen molar-refractivity contribution in [1.29, 1.82) is 0 Å². The van der Waals surface area contributed by atoms with Crippen LogP contribution in [-0.2, 0) is 4.74 Å². The van der Waals surface area contributed by atoms with Gasteiger partial charge in [-0.25, -0.2) is 4.79 Å². The zero-order valence-electron chi connectivity index (χ0n) is 18.9. The summed E-state index contributed by atoms with van der Waals surface area (Å²) in [5.41, 5.74) is 1.18. The molecule has 0 N–H and O–H groups in total. The minimum Gasteiger partial charge on any atom is -1.00 e. The van der Waals surface area contributed by atoms with Crippen molar-refractivity contribution >= 4 is 29.1 Å². The number of hydrogen-bond acceptors (Lipinski definition) is 4. The van der Waals surface area contributed by atoms with Crippen LogP contribution in [0, 0.1) is 0 Å². The first-order valence-corrected chi connectivity index (χ1v) is 12.6. The molecule has 5 rings (SSSR count). The van der Waals surface area contributed by atoms with Gasteiger partial charge in [0.2, 0.25) is 0 Å². The highest BCUT2D eigenvalue weighted by Gasteiger charge is 2.60. The number of hydrogen-bond donors (Lipinski definition) is 0. The van der Waals surface area contributed by atoms with Gasteiger partial charge >= 0.3 is 5.97 Å². The van der Waals surface area contributed by atoms with Gasteiger partial charge in [-0.2, -0.15) is 0 Å². The van der Waals surface area contributed by atoms with Crippen LogP contribution in [0.1, 0.15) is 21.8 Å². The number of ether oxygens (including phenoxy) is 3. The Kier molecular flexibility index (Phi) is 7.06. The van der Waals surface area contributed by atoms with Gasteiger partial charge in [0, 0.05) is 0 Å². The maximum atomic E-state index is 13.3. The summed E-state index contributed by atoms with van der Waals surface area (Å²) in [5.74, 6) is 0.162. The average molecular weight is 535 g/mol. The quantitative estimate of drug-likeness (QED) is 0.280. The molecule has 0 radical (unpaired) electrons. The van der Waals surface area contributed by atoms with Crippen LogP contribution in [0.15, 0.2) is 103 Å². The smallest absolute Gasteiger partial charge is 0.346 e. The van der Waals surface area contributed by atoms with Crippen LogP contribution >= 0.6 is 7.26 Å². The second kappa shape index (κ2) is 10.0. The minimum absolute atomic E-state index is 0. The molecule has 1 unspecified atom stereocenters. The Labute approximate surface area is 210 Å². The number of carbonyl (C=O) groups is 1. The van der Waals surface area contributed by atoms with Gasteiger partial charge in [-0.3, -0.25) is 0 Å². The third-order valence-electron chi connectivity index (χ3n) is 6.12. The number of cyclic esters (lactones) is 1. The Bertz CT molecular complexity index is 1180. The zero-order valence-corrected chi connectivity index (χ0v) is 21.3. The van der Waals surface area contributed by atoms with E-state index in [4.69, 9.17) is 14.2 Å². The molecule has 0 amide bonds. The highest BCUT2D eigenvalue weighted by atomic mass is 79.9. The summed E-state index contributed by atoms with van der Waals surface area (Å²) in [6.07, 6.45) is 0. The number of esters is 1. The van der Waals surface area contributed by atoms with Crippen molar-refractivity contribution in [3.05, 3.63) is 114 Å². The molecule has 4 aromatic carbocycles. The molecule has 0 aromatic heterocycles. The number of methoxy groups -OCH3 is 2. The van der Waals surface area contributed by atoms with Gasteiger partial charge in [-0.05, 0) is 48.5 Å². The van der Waals surface area contributed by atoms with Gasteiger partial charge in [-0.15, -0.1) is 0 Å². The first kappa shape index (κ1) is 24.0. The van der Waals surface area contributed by atoms with Gasteiger partial charge in [0.25, 0.3) is 5.85 Å². The predicted octanol–water partition coefficient (Wildman–Crippen LogP) is 1.87. The Hall–Kier alpha value is -3.14. The van der Waals surface area contributed by atoms with Gasteiger partial charge in [0.1, 0.15) is 33.0 Å². The summed E-state index contributed by atoms with van der Waals surface area (Å²) in [5, 5.41) is 3.37. The molecule has 172 valence electrons. The van der Waals surface area contributed by atoms with Crippen LogP contribution in [0.3, 0.4) is 0 Å². The summed E-state index contributed by atoms with van der Waals surface area (Å²) in [6.45, 7) is 0. The van der Waals surface area contributed by atoms with Crippen LogP contribution in [0.4, 0.5) is 0 Å². The van der Waals surface area contributed by atoms with Gasteiger partial charge in [0.15, 0.2) is 7.26 Å². The summed E-state index contributed by atoms with van der Waals surface area (Å²) >= 11 is 0. The monoisotopic (exact) mass is 534 g/mol. The van der Waals surface area contributed by atoms with Crippen molar-refractivity contribution in [2.45, 2.75) is 5.85 Å². The van der Waals surface area contributed by atoms with E-state index in [-0.39, 0.29) is 17.0 Å². The third-order valence-corrected chi connectivity index (χ3v) is 10.5. The minimum atomic E-state index is -2.52. The molecule has 1 atom stereocenters. The van der Waals surface area contributed by atoms with E-state index in [0.29, 0.717) is 17.1 Å². The predicted molar refractivity (Wildman–Crippen MR) is 133 cm³/mol. The molecule has 1 aliphatic heterocycles. The van der Waals surface area contributed by atoms with Gasteiger partial charge in [0.05, 0.1) is 19.8 Å². The second-order valence-corrected chi connectivity index (χ2v) is 11.2. The van der Waals surface area contributed by atoms with Crippen LogP contribution in [0.25, 0.3) is 0 Å². The molecule has 0 saturated carbocycles. The van der Waals surface area contributed by atoms with E-state index in [2.05, 4.69) is 36.4 Å². The molecule has 0 spiro atoms. The maximum absolute atomic E-state index is 13.3. The van der Waals surface area contributed by atoms with Crippen LogP contribution in [0.5, 0.6) is 11.5 Å². The Morgan fingerprint density at radius 1 is 0.647 bits per heavy atom. The summed E-state index contributed by atoms with van der Waals surface area (Å²) in [7, 11) is 0.667. The lowest BCUT2D eigenvalue weighted by molar-refractivity contribution is -0.0000252. The molecule has 1 heterocycles. The van der Waals surface area contributed by atoms with Crippen LogP contribution in [0.2, 0.25) is 0 Å². The molecule has 0 aliphatic carbocycles. The topological polar surface area (TPSA) is 44.8 Å². The lowest BCUT2D eigenvalue weighted by atomic mass is 10.1. The number of benzene rings is 4. The van der Waals surface area contributed by atoms with E-state index < -0.39 is 19.1 Å². The highest BCUT2D eigenvalue weighted by Crippen LogP contribution is 2.70. The second-order valence-electron chi connectivity index (χ2n) is 7.75. The van der Waals surface area contributed by atoms with Crippen molar-refractivity contribution in [3.63, 3.8) is 0 Å². The Morgan fingerprint density at radius 3 is 1.47 bits per heavy atom. The van der Waals surface area contributed by atoms with E-state index >= 15 is 0 Å². The van der Waals surface area contributed by atoms with E-state index in [1.807, 2.05) is 60.7 Å². The molecule has 4 aromatic rings. The first-order valence-electron chi connectivity index (χ1n) is 10.7. The lowest BCUT2D eigenvalue weighted by Gasteiger charge is -2.32. The van der Waals surface area contributed by atoms with E-state index in [1.165, 1.54) is 0 Å². The standard InChI is InChI=1S/C28H24O4P.BrH/c1-30-23-18-19-24(31-2)26-25(23)27(29)32-28(26)33(20-12-6-3-7-13-20,21-14-8-4-9-15-21)22-16-10-5-11-17-22;/h3-19,28H,1-2H3;1H/q+1;/p-1. The summed E-state index contributed by atoms with van der Waals surface area (Å²) in [6, 6.07) is 34.6.